The molecule has 0 radical (unpaired) electrons. The van der Waals surface area contributed by atoms with Gasteiger partial charge < -0.3 is 10.2 Å². The Morgan fingerprint density at radius 2 is 2.00 bits per heavy atom. The maximum atomic E-state index is 12.4. The molecule has 0 bridgehead atoms. The van der Waals surface area contributed by atoms with E-state index < -0.39 is 0 Å². The van der Waals surface area contributed by atoms with Crippen LogP contribution in [0.2, 0.25) is 5.02 Å². The van der Waals surface area contributed by atoms with Crippen molar-refractivity contribution in [1.82, 2.24) is 15.1 Å². The van der Waals surface area contributed by atoms with E-state index in [0.29, 0.717) is 22.3 Å². The number of hydrogen-bond donors (Lipinski definition) is 1. The number of hydrogen-bond acceptors (Lipinski definition) is 5. The molecule has 1 aliphatic heterocycles. The van der Waals surface area contributed by atoms with Crippen LogP contribution in [0.5, 0.6) is 0 Å². The van der Waals surface area contributed by atoms with E-state index in [9.17, 15) is 9.59 Å². The lowest BCUT2D eigenvalue weighted by Gasteiger charge is -2.32. The Kier molecular flexibility index (Phi) is 5.88. The second kappa shape index (κ2) is 8.14. The van der Waals surface area contributed by atoms with Crippen LogP contribution >= 0.6 is 22.9 Å². The van der Waals surface area contributed by atoms with Crippen molar-refractivity contribution in [3.05, 3.63) is 39.3 Å². The highest BCUT2D eigenvalue weighted by Gasteiger charge is 2.28. The van der Waals surface area contributed by atoms with Gasteiger partial charge in [0.05, 0.1) is 0 Å². The summed E-state index contributed by atoms with van der Waals surface area (Å²) in [6.07, 6.45) is 1.89. The highest BCUT2D eigenvalue weighted by atomic mass is 35.5. The second-order valence-corrected chi connectivity index (χ2v) is 8.13. The van der Waals surface area contributed by atoms with E-state index in [1.165, 1.54) is 11.3 Å². The Hall–Kier alpha value is -1.99. The third kappa shape index (κ3) is 4.40. The Bertz CT molecular complexity index is 791. The van der Waals surface area contributed by atoms with Crippen molar-refractivity contribution in [3.63, 3.8) is 0 Å². The molecule has 138 valence electrons. The Morgan fingerprint density at radius 3 is 2.69 bits per heavy atom. The molecule has 1 aromatic heterocycles. The van der Waals surface area contributed by atoms with Crippen LogP contribution in [0, 0.1) is 5.92 Å². The fraction of sp³-hybridized carbons (Fsp3) is 0.444. The van der Waals surface area contributed by atoms with Crippen LogP contribution in [0.25, 0.3) is 0 Å². The molecule has 6 nitrogen and oxygen atoms in total. The van der Waals surface area contributed by atoms with Gasteiger partial charge in [0.15, 0.2) is 0 Å². The van der Waals surface area contributed by atoms with Crippen LogP contribution < -0.4 is 5.32 Å². The number of nitrogens with one attached hydrogen (secondary N) is 1. The quantitative estimate of drug-likeness (QED) is 0.858. The third-order valence-electron chi connectivity index (χ3n) is 4.31. The number of carbonyl (C=O) groups excluding carboxylic acids is 2. The molecule has 0 aliphatic carbocycles. The van der Waals surface area contributed by atoms with Crippen LogP contribution in [0.4, 0.5) is 5.69 Å². The fourth-order valence-electron chi connectivity index (χ4n) is 2.95. The van der Waals surface area contributed by atoms with E-state index in [-0.39, 0.29) is 23.7 Å². The molecule has 2 amide bonds. The van der Waals surface area contributed by atoms with E-state index in [1.54, 1.807) is 24.3 Å². The lowest BCUT2D eigenvalue weighted by atomic mass is 9.97. The van der Waals surface area contributed by atoms with Crippen LogP contribution in [0.15, 0.2) is 24.3 Å². The SMILES string of the molecule is CC(C)C(=O)N1CCC[C@H](c2nnc(C(=O)Nc3ccc(Cl)cc3)s2)C1. The van der Waals surface area contributed by atoms with Gasteiger partial charge in [0.1, 0.15) is 5.01 Å². The molecular formula is C18H21ClN4O2S. The molecule has 1 atom stereocenters. The number of anilines is 1. The van der Waals surface area contributed by atoms with Crippen LogP contribution in [-0.4, -0.2) is 40.0 Å². The number of piperidine rings is 1. The predicted octanol–water partition coefficient (Wildman–Crippen LogP) is 3.81. The average molecular weight is 393 g/mol. The molecule has 1 aliphatic rings. The molecule has 2 heterocycles. The van der Waals surface area contributed by atoms with Gasteiger partial charge in [0, 0.05) is 35.6 Å². The van der Waals surface area contributed by atoms with Crippen LogP contribution in [0.1, 0.15) is 47.4 Å². The smallest absolute Gasteiger partial charge is 0.286 e. The number of amides is 2. The van der Waals surface area contributed by atoms with Crippen molar-refractivity contribution >= 4 is 40.4 Å². The van der Waals surface area contributed by atoms with Gasteiger partial charge in [-0.1, -0.05) is 36.8 Å². The molecule has 3 rings (SSSR count). The van der Waals surface area contributed by atoms with Crippen molar-refractivity contribution < 1.29 is 9.59 Å². The molecule has 0 saturated carbocycles. The van der Waals surface area contributed by atoms with Crippen molar-refractivity contribution in [2.24, 2.45) is 5.92 Å². The number of carbonyl (C=O) groups is 2. The van der Waals surface area contributed by atoms with Gasteiger partial charge in [-0.25, -0.2) is 0 Å². The minimum Gasteiger partial charge on any atom is -0.342 e. The van der Waals surface area contributed by atoms with E-state index in [4.69, 9.17) is 11.6 Å². The van der Waals surface area contributed by atoms with Gasteiger partial charge in [0.25, 0.3) is 5.91 Å². The van der Waals surface area contributed by atoms with E-state index in [2.05, 4.69) is 15.5 Å². The maximum Gasteiger partial charge on any atom is 0.286 e. The number of rotatable bonds is 4. The first-order valence-corrected chi connectivity index (χ1v) is 9.82. The Balaban J connectivity index is 1.66. The zero-order chi connectivity index (χ0) is 18.7. The molecule has 2 aromatic rings. The van der Waals surface area contributed by atoms with Crippen LogP contribution in [-0.2, 0) is 4.79 Å². The summed E-state index contributed by atoms with van der Waals surface area (Å²) in [6, 6.07) is 6.90. The summed E-state index contributed by atoms with van der Waals surface area (Å²) in [4.78, 5) is 26.5. The largest absolute Gasteiger partial charge is 0.342 e. The first kappa shape index (κ1) is 18.8. The molecule has 26 heavy (non-hydrogen) atoms. The van der Waals surface area contributed by atoms with Gasteiger partial charge in [-0.05, 0) is 37.1 Å². The molecule has 1 fully saturated rings. The highest BCUT2D eigenvalue weighted by molar-refractivity contribution is 7.13. The Morgan fingerprint density at radius 1 is 1.27 bits per heavy atom. The van der Waals surface area contributed by atoms with E-state index in [0.717, 1.165) is 24.4 Å². The lowest BCUT2D eigenvalue weighted by molar-refractivity contribution is -0.135. The Labute approximate surface area is 161 Å². The summed E-state index contributed by atoms with van der Waals surface area (Å²) < 4.78 is 0. The lowest BCUT2D eigenvalue weighted by Crippen LogP contribution is -2.41. The van der Waals surface area contributed by atoms with Crippen molar-refractivity contribution in [2.75, 3.05) is 18.4 Å². The van der Waals surface area contributed by atoms with Gasteiger partial charge in [-0.2, -0.15) is 0 Å². The molecular weight excluding hydrogens is 372 g/mol. The number of benzene rings is 1. The fourth-order valence-corrected chi connectivity index (χ4v) is 3.94. The summed E-state index contributed by atoms with van der Waals surface area (Å²) in [5.74, 6) is 0.00633. The zero-order valence-corrected chi connectivity index (χ0v) is 16.3. The van der Waals surface area contributed by atoms with Gasteiger partial charge >= 0.3 is 0 Å². The minimum atomic E-state index is -0.290. The number of halogens is 1. The minimum absolute atomic E-state index is 0.0103. The van der Waals surface area contributed by atoms with Crippen LogP contribution in [0.3, 0.4) is 0 Å². The molecule has 8 heteroatoms. The first-order chi connectivity index (χ1) is 12.4. The molecule has 1 saturated heterocycles. The maximum absolute atomic E-state index is 12.4. The second-order valence-electron chi connectivity index (χ2n) is 6.68. The number of aromatic nitrogens is 2. The monoisotopic (exact) mass is 392 g/mol. The van der Waals surface area contributed by atoms with Gasteiger partial charge in [-0.15, -0.1) is 10.2 Å². The topological polar surface area (TPSA) is 75.2 Å². The molecule has 1 N–H and O–H groups in total. The standard InChI is InChI=1S/C18H21ClN4O2S/c1-11(2)18(25)23-9-3-4-12(10-23)16-21-22-17(26-16)15(24)20-14-7-5-13(19)6-8-14/h5-8,11-12H,3-4,9-10H2,1-2H3,(H,20,24)/t12-/m0/s1. The van der Waals surface area contributed by atoms with Crippen molar-refractivity contribution in [3.8, 4) is 0 Å². The summed E-state index contributed by atoms with van der Waals surface area (Å²) in [5, 5.41) is 12.8. The van der Waals surface area contributed by atoms with Gasteiger partial charge in [0.2, 0.25) is 10.9 Å². The van der Waals surface area contributed by atoms with Crippen molar-refractivity contribution in [2.45, 2.75) is 32.6 Å². The zero-order valence-electron chi connectivity index (χ0n) is 14.7. The number of likely N-dealkylation sites (tertiary alicyclic amines) is 1. The van der Waals surface area contributed by atoms with Gasteiger partial charge in [-0.3, -0.25) is 9.59 Å². The third-order valence-corrected chi connectivity index (χ3v) is 5.65. The average Bonchev–Trinajstić information content (AvgIpc) is 3.13. The summed E-state index contributed by atoms with van der Waals surface area (Å²) in [5.41, 5.74) is 0.655. The molecule has 1 aromatic carbocycles. The molecule has 0 spiro atoms. The number of nitrogens with zero attached hydrogens (tertiary/aromatic N) is 3. The summed E-state index contributed by atoms with van der Waals surface area (Å²) in [7, 11) is 0. The predicted molar refractivity (Wildman–Crippen MR) is 103 cm³/mol. The summed E-state index contributed by atoms with van der Waals surface area (Å²) >= 11 is 7.14. The highest BCUT2D eigenvalue weighted by Crippen LogP contribution is 2.30. The summed E-state index contributed by atoms with van der Waals surface area (Å²) in [6.45, 7) is 5.26. The van der Waals surface area contributed by atoms with E-state index >= 15 is 0 Å². The first-order valence-electron chi connectivity index (χ1n) is 8.63. The van der Waals surface area contributed by atoms with E-state index in [1.807, 2.05) is 18.7 Å². The normalized spacial score (nSPS) is 17.4. The molecule has 0 unspecified atom stereocenters. The van der Waals surface area contributed by atoms with Crippen molar-refractivity contribution in [1.29, 1.82) is 0 Å².